The van der Waals surface area contributed by atoms with E-state index in [0.29, 0.717) is 17.9 Å². The number of benzene rings is 1. The van der Waals surface area contributed by atoms with E-state index in [1.165, 1.54) is 18.2 Å². The zero-order chi connectivity index (χ0) is 12.5. The van der Waals surface area contributed by atoms with Gasteiger partial charge >= 0.3 is 0 Å². The lowest BCUT2D eigenvalue weighted by molar-refractivity contribution is 0.266. The van der Waals surface area contributed by atoms with Crippen LogP contribution < -0.4 is 5.32 Å². The van der Waals surface area contributed by atoms with Crippen molar-refractivity contribution in [3.63, 3.8) is 0 Å². The van der Waals surface area contributed by atoms with Gasteiger partial charge in [-0.15, -0.1) is 0 Å². The highest BCUT2D eigenvalue weighted by atomic mass is 19.1. The average Bonchev–Trinajstić information content (AvgIpc) is 2.73. The third-order valence-electron chi connectivity index (χ3n) is 3.90. The van der Waals surface area contributed by atoms with Crippen LogP contribution in [0.15, 0.2) is 18.2 Å². The quantitative estimate of drug-likeness (QED) is 0.853. The summed E-state index contributed by atoms with van der Waals surface area (Å²) in [5, 5.41) is 3.48. The Morgan fingerprint density at radius 1 is 1.35 bits per heavy atom. The van der Waals surface area contributed by atoms with Crippen LogP contribution >= 0.6 is 0 Å². The summed E-state index contributed by atoms with van der Waals surface area (Å²) in [6.45, 7) is 5.24. The van der Waals surface area contributed by atoms with Gasteiger partial charge in [-0.05, 0) is 55.5 Å². The van der Waals surface area contributed by atoms with E-state index in [4.69, 9.17) is 0 Å². The first kappa shape index (κ1) is 12.5. The summed E-state index contributed by atoms with van der Waals surface area (Å²) < 4.78 is 26.8. The number of halogens is 2. The smallest absolute Gasteiger partial charge is 0.126 e. The van der Waals surface area contributed by atoms with E-state index in [0.717, 1.165) is 19.4 Å². The number of rotatable bonds is 3. The van der Waals surface area contributed by atoms with Gasteiger partial charge < -0.3 is 5.32 Å². The molecule has 1 aromatic rings. The maximum atomic E-state index is 13.7. The summed E-state index contributed by atoms with van der Waals surface area (Å²) in [5.41, 5.74) is 0.405. The second kappa shape index (κ2) is 4.73. The van der Waals surface area contributed by atoms with Crippen LogP contribution in [0, 0.1) is 17.6 Å². The maximum Gasteiger partial charge on any atom is 0.126 e. The lowest BCUT2D eigenvalue weighted by atomic mass is 9.79. The van der Waals surface area contributed by atoms with E-state index >= 15 is 0 Å². The van der Waals surface area contributed by atoms with E-state index in [2.05, 4.69) is 19.2 Å². The predicted molar refractivity (Wildman–Crippen MR) is 64.9 cm³/mol. The first-order valence-electron chi connectivity index (χ1n) is 6.22. The fourth-order valence-electron chi connectivity index (χ4n) is 2.70. The van der Waals surface area contributed by atoms with Crippen molar-refractivity contribution in [1.29, 1.82) is 0 Å². The molecule has 1 N–H and O–H groups in total. The average molecular weight is 239 g/mol. The second-order valence-corrected chi connectivity index (χ2v) is 5.25. The third-order valence-corrected chi connectivity index (χ3v) is 3.90. The molecule has 1 atom stereocenters. The van der Waals surface area contributed by atoms with Gasteiger partial charge in [0, 0.05) is 5.54 Å². The minimum absolute atomic E-state index is 0.0748. The van der Waals surface area contributed by atoms with E-state index < -0.39 is 0 Å². The molecule has 1 saturated heterocycles. The van der Waals surface area contributed by atoms with Crippen molar-refractivity contribution in [3.05, 3.63) is 35.4 Å². The third kappa shape index (κ3) is 2.49. The maximum absolute atomic E-state index is 13.7. The number of hydrogen-bond donors (Lipinski definition) is 1. The summed E-state index contributed by atoms with van der Waals surface area (Å²) in [6, 6.07) is 3.70. The first-order valence-corrected chi connectivity index (χ1v) is 6.22. The standard InChI is InChI=1S/C14H19F2N/c1-10(2)14(6-3-7-17-14)9-11-8-12(15)4-5-13(11)16/h4-5,8,10,17H,3,6-7,9H2,1-2H3. The monoisotopic (exact) mass is 239 g/mol. The van der Waals surface area contributed by atoms with Crippen molar-refractivity contribution in [2.75, 3.05) is 6.54 Å². The molecule has 1 unspecified atom stereocenters. The lowest BCUT2D eigenvalue weighted by Gasteiger charge is -2.34. The van der Waals surface area contributed by atoms with Gasteiger partial charge in [0.05, 0.1) is 0 Å². The zero-order valence-electron chi connectivity index (χ0n) is 10.4. The molecule has 3 heteroatoms. The largest absolute Gasteiger partial charge is 0.311 e. The molecule has 0 aromatic heterocycles. The molecule has 0 radical (unpaired) electrons. The normalized spacial score (nSPS) is 24.5. The molecule has 0 spiro atoms. The Hall–Kier alpha value is -0.960. The van der Waals surface area contributed by atoms with Crippen LogP contribution in [-0.4, -0.2) is 12.1 Å². The van der Waals surface area contributed by atoms with E-state index in [1.54, 1.807) is 0 Å². The molecule has 0 amide bonds. The molecule has 0 aliphatic carbocycles. The van der Waals surface area contributed by atoms with Crippen molar-refractivity contribution in [2.24, 2.45) is 5.92 Å². The van der Waals surface area contributed by atoms with Crippen LogP contribution in [0.2, 0.25) is 0 Å². The van der Waals surface area contributed by atoms with E-state index in [9.17, 15) is 8.78 Å². The predicted octanol–water partition coefficient (Wildman–Crippen LogP) is 3.29. The molecular weight excluding hydrogens is 220 g/mol. The Balaban J connectivity index is 2.26. The van der Waals surface area contributed by atoms with Gasteiger partial charge in [0.1, 0.15) is 11.6 Å². The summed E-state index contributed by atoms with van der Waals surface area (Å²) >= 11 is 0. The van der Waals surface area contributed by atoms with Crippen molar-refractivity contribution in [3.8, 4) is 0 Å². The van der Waals surface area contributed by atoms with Crippen molar-refractivity contribution in [1.82, 2.24) is 5.32 Å². The molecule has 1 nitrogen and oxygen atoms in total. The second-order valence-electron chi connectivity index (χ2n) is 5.25. The minimum Gasteiger partial charge on any atom is -0.311 e. The van der Waals surface area contributed by atoms with Crippen molar-refractivity contribution < 1.29 is 8.78 Å². The van der Waals surface area contributed by atoms with Gasteiger partial charge in [-0.3, -0.25) is 0 Å². The summed E-state index contributed by atoms with van der Waals surface area (Å²) in [4.78, 5) is 0. The molecule has 1 fully saturated rings. The fourth-order valence-corrected chi connectivity index (χ4v) is 2.70. The van der Waals surface area contributed by atoms with Gasteiger partial charge in [-0.1, -0.05) is 13.8 Å². The fraction of sp³-hybridized carbons (Fsp3) is 0.571. The van der Waals surface area contributed by atoms with Crippen LogP contribution in [0.3, 0.4) is 0 Å². The topological polar surface area (TPSA) is 12.0 Å². The highest BCUT2D eigenvalue weighted by molar-refractivity contribution is 5.22. The molecule has 1 heterocycles. The molecule has 1 aliphatic rings. The number of hydrogen-bond acceptors (Lipinski definition) is 1. The van der Waals surface area contributed by atoms with Gasteiger partial charge in [0.25, 0.3) is 0 Å². The molecule has 0 saturated carbocycles. The number of nitrogens with one attached hydrogen (secondary N) is 1. The van der Waals surface area contributed by atoms with Gasteiger partial charge in [-0.2, -0.15) is 0 Å². The lowest BCUT2D eigenvalue weighted by Crippen LogP contribution is -2.46. The van der Waals surface area contributed by atoms with Gasteiger partial charge in [0.15, 0.2) is 0 Å². The van der Waals surface area contributed by atoms with Crippen LogP contribution in [-0.2, 0) is 6.42 Å². The highest BCUT2D eigenvalue weighted by Crippen LogP contribution is 2.32. The van der Waals surface area contributed by atoms with E-state index in [-0.39, 0.29) is 17.2 Å². The van der Waals surface area contributed by atoms with Crippen molar-refractivity contribution >= 4 is 0 Å². The first-order chi connectivity index (χ1) is 8.03. The summed E-state index contributed by atoms with van der Waals surface area (Å²) in [5.74, 6) is -0.258. The van der Waals surface area contributed by atoms with Gasteiger partial charge in [0.2, 0.25) is 0 Å². The van der Waals surface area contributed by atoms with Crippen molar-refractivity contribution in [2.45, 2.75) is 38.6 Å². The molecule has 1 aromatic carbocycles. The van der Waals surface area contributed by atoms with Gasteiger partial charge in [-0.25, -0.2) is 8.78 Å². The van der Waals surface area contributed by atoms with E-state index in [1.807, 2.05) is 0 Å². The Bertz CT molecular complexity index is 395. The molecule has 1 aliphatic heterocycles. The molecule has 94 valence electrons. The summed E-state index contributed by atoms with van der Waals surface area (Å²) in [6.07, 6.45) is 2.70. The SMILES string of the molecule is CC(C)C1(Cc2cc(F)ccc2F)CCCN1. The molecule has 17 heavy (non-hydrogen) atoms. The summed E-state index contributed by atoms with van der Waals surface area (Å²) in [7, 11) is 0. The minimum atomic E-state index is -0.363. The van der Waals surface area contributed by atoms with Crippen LogP contribution in [0.1, 0.15) is 32.3 Å². The molecule has 2 rings (SSSR count). The Labute approximate surface area is 101 Å². The molecule has 0 bridgehead atoms. The van der Waals surface area contributed by atoms with Crippen LogP contribution in [0.4, 0.5) is 8.78 Å². The van der Waals surface area contributed by atoms with Crippen LogP contribution in [0.25, 0.3) is 0 Å². The molecular formula is C14H19F2N. The van der Waals surface area contributed by atoms with Crippen LogP contribution in [0.5, 0.6) is 0 Å². The highest BCUT2D eigenvalue weighted by Gasteiger charge is 2.37. The Kier molecular flexibility index (Phi) is 3.48. The Morgan fingerprint density at radius 3 is 2.71 bits per heavy atom. The Morgan fingerprint density at radius 2 is 2.12 bits per heavy atom. The zero-order valence-corrected chi connectivity index (χ0v) is 10.4.